The lowest BCUT2D eigenvalue weighted by Gasteiger charge is -2.19. The minimum atomic E-state index is -0.360. The van der Waals surface area contributed by atoms with Crippen LogP contribution in [0.15, 0.2) is 24.3 Å². The second kappa shape index (κ2) is 8.67. The van der Waals surface area contributed by atoms with E-state index in [-0.39, 0.29) is 47.6 Å². The third-order valence-electron chi connectivity index (χ3n) is 4.89. The van der Waals surface area contributed by atoms with E-state index in [1.165, 1.54) is 4.90 Å². The molecule has 3 N–H and O–H groups in total. The number of nitrogens with one attached hydrogen (secondary N) is 3. The number of halogens is 1. The number of imide groups is 1. The van der Waals surface area contributed by atoms with Crippen LogP contribution in [-0.4, -0.2) is 34.3 Å². The lowest BCUT2D eigenvalue weighted by molar-refractivity contribution is -0.140. The van der Waals surface area contributed by atoms with Crippen molar-refractivity contribution in [3.63, 3.8) is 0 Å². The van der Waals surface area contributed by atoms with E-state index in [0.717, 1.165) is 25.7 Å². The Morgan fingerprint density at radius 2 is 1.81 bits per heavy atom. The Balaban J connectivity index is 1.42. The maximum atomic E-state index is 12.4. The summed E-state index contributed by atoms with van der Waals surface area (Å²) < 4.78 is 0. The minimum absolute atomic E-state index is 0.0176. The fourth-order valence-corrected chi connectivity index (χ4v) is 3.94. The van der Waals surface area contributed by atoms with Gasteiger partial charge < -0.3 is 5.32 Å². The Bertz CT molecular complexity index is 749. The van der Waals surface area contributed by atoms with Gasteiger partial charge in [-0.3, -0.25) is 30.1 Å². The number of benzene rings is 1. The molecule has 1 aliphatic heterocycles. The van der Waals surface area contributed by atoms with Gasteiger partial charge in [0.05, 0.1) is 11.8 Å². The molecule has 1 aliphatic carbocycles. The molecule has 144 valence electrons. The smallest absolute Gasteiger partial charge is 0.240 e. The number of hydrogen-bond acceptors (Lipinski definition) is 4. The van der Waals surface area contributed by atoms with Gasteiger partial charge in [-0.15, -0.1) is 0 Å². The highest BCUT2D eigenvalue weighted by molar-refractivity contribution is 7.80. The van der Waals surface area contributed by atoms with E-state index >= 15 is 0 Å². The van der Waals surface area contributed by atoms with Crippen LogP contribution in [0.5, 0.6) is 0 Å². The molecule has 0 bridgehead atoms. The van der Waals surface area contributed by atoms with Gasteiger partial charge in [0.15, 0.2) is 5.11 Å². The zero-order chi connectivity index (χ0) is 19.4. The summed E-state index contributed by atoms with van der Waals surface area (Å²) in [5.41, 5.74) is 5.73. The lowest BCUT2D eigenvalue weighted by atomic mass is 9.81. The second-order valence-electron chi connectivity index (χ2n) is 6.71. The molecule has 3 rings (SSSR count). The largest absolute Gasteiger partial charge is 0.331 e. The van der Waals surface area contributed by atoms with Gasteiger partial charge in [-0.2, -0.15) is 0 Å². The first-order chi connectivity index (χ1) is 13.0. The number of nitrogens with zero attached hydrogens (tertiary/aromatic N) is 1. The molecule has 2 fully saturated rings. The summed E-state index contributed by atoms with van der Waals surface area (Å²) >= 11 is 11.0. The molecule has 0 spiro atoms. The average Bonchev–Trinajstić information content (AvgIpc) is 2.89. The SMILES string of the molecule is O=C(CCN1C(=O)[C@@H]2CCCC[C@H]2C1=O)NNC(=S)Nc1cccc(Cl)c1. The van der Waals surface area contributed by atoms with Crippen molar-refractivity contribution in [2.24, 2.45) is 11.8 Å². The Morgan fingerprint density at radius 1 is 1.15 bits per heavy atom. The van der Waals surface area contributed by atoms with Crippen LogP contribution in [0, 0.1) is 11.8 Å². The highest BCUT2D eigenvalue weighted by Gasteiger charge is 2.47. The first-order valence-electron chi connectivity index (χ1n) is 8.92. The second-order valence-corrected chi connectivity index (χ2v) is 7.56. The molecule has 9 heteroatoms. The van der Waals surface area contributed by atoms with Crippen LogP contribution in [0.25, 0.3) is 0 Å². The molecule has 2 atom stereocenters. The van der Waals surface area contributed by atoms with E-state index in [1.54, 1.807) is 24.3 Å². The van der Waals surface area contributed by atoms with Crippen molar-refractivity contribution in [2.75, 3.05) is 11.9 Å². The molecule has 1 aromatic carbocycles. The van der Waals surface area contributed by atoms with Gasteiger partial charge >= 0.3 is 0 Å². The van der Waals surface area contributed by atoms with Gasteiger partial charge in [-0.25, -0.2) is 0 Å². The maximum absolute atomic E-state index is 12.4. The molecular weight excluding hydrogens is 388 g/mol. The van der Waals surface area contributed by atoms with Crippen molar-refractivity contribution < 1.29 is 14.4 Å². The minimum Gasteiger partial charge on any atom is -0.331 e. The molecule has 3 amide bonds. The number of carbonyl (C=O) groups excluding carboxylic acids is 3. The highest BCUT2D eigenvalue weighted by Crippen LogP contribution is 2.37. The third-order valence-corrected chi connectivity index (χ3v) is 5.33. The van der Waals surface area contributed by atoms with E-state index in [2.05, 4.69) is 16.2 Å². The van der Waals surface area contributed by atoms with Gasteiger partial charge in [0.25, 0.3) is 0 Å². The monoisotopic (exact) mass is 408 g/mol. The summed E-state index contributed by atoms with van der Waals surface area (Å²) in [5.74, 6) is -1.02. The fourth-order valence-electron chi connectivity index (χ4n) is 3.58. The molecule has 1 saturated heterocycles. The Hall–Kier alpha value is -2.19. The Kier molecular flexibility index (Phi) is 6.28. The fraction of sp³-hybridized carbons (Fsp3) is 0.444. The first kappa shape index (κ1) is 19.6. The van der Waals surface area contributed by atoms with Crippen molar-refractivity contribution in [3.8, 4) is 0 Å². The molecule has 27 heavy (non-hydrogen) atoms. The molecular formula is C18H21ClN4O3S. The topological polar surface area (TPSA) is 90.5 Å². The molecule has 2 aliphatic rings. The van der Waals surface area contributed by atoms with Crippen molar-refractivity contribution >= 4 is 52.3 Å². The number of hydrogen-bond donors (Lipinski definition) is 3. The van der Waals surface area contributed by atoms with Gasteiger partial charge in [0, 0.05) is 23.7 Å². The maximum Gasteiger partial charge on any atom is 0.240 e. The number of thiocarbonyl (C=S) groups is 1. The van der Waals surface area contributed by atoms with E-state index in [4.69, 9.17) is 23.8 Å². The van der Waals surface area contributed by atoms with E-state index in [0.29, 0.717) is 10.7 Å². The molecule has 1 aromatic rings. The number of anilines is 1. The predicted molar refractivity (Wildman–Crippen MR) is 106 cm³/mol. The summed E-state index contributed by atoms with van der Waals surface area (Å²) in [4.78, 5) is 38.0. The Morgan fingerprint density at radius 3 is 2.44 bits per heavy atom. The van der Waals surface area contributed by atoms with E-state index in [1.807, 2.05) is 0 Å². The van der Waals surface area contributed by atoms with Crippen LogP contribution in [0.4, 0.5) is 5.69 Å². The van der Waals surface area contributed by atoms with Crippen molar-refractivity contribution in [2.45, 2.75) is 32.1 Å². The summed E-state index contributed by atoms with van der Waals surface area (Å²) in [7, 11) is 0. The summed E-state index contributed by atoms with van der Waals surface area (Å²) in [6, 6.07) is 6.99. The summed E-state index contributed by atoms with van der Waals surface area (Å²) in [5, 5.41) is 3.65. The van der Waals surface area contributed by atoms with Crippen molar-refractivity contribution in [1.82, 2.24) is 15.8 Å². The molecule has 0 aromatic heterocycles. The number of rotatable bonds is 4. The molecule has 0 unspecified atom stereocenters. The number of amides is 3. The van der Waals surface area contributed by atoms with Crippen LogP contribution >= 0.6 is 23.8 Å². The molecule has 7 nitrogen and oxygen atoms in total. The first-order valence-corrected chi connectivity index (χ1v) is 9.71. The molecule has 1 saturated carbocycles. The van der Waals surface area contributed by atoms with Gasteiger partial charge in [-0.1, -0.05) is 30.5 Å². The van der Waals surface area contributed by atoms with Crippen LogP contribution in [0.1, 0.15) is 32.1 Å². The average molecular weight is 409 g/mol. The number of hydrazine groups is 1. The van der Waals surface area contributed by atoms with Gasteiger partial charge in [-0.05, 0) is 43.3 Å². The number of carbonyl (C=O) groups is 3. The van der Waals surface area contributed by atoms with Crippen molar-refractivity contribution in [3.05, 3.63) is 29.3 Å². The van der Waals surface area contributed by atoms with E-state index < -0.39 is 0 Å². The van der Waals surface area contributed by atoms with Crippen LogP contribution in [-0.2, 0) is 14.4 Å². The highest BCUT2D eigenvalue weighted by atomic mass is 35.5. The molecule has 1 heterocycles. The van der Waals surface area contributed by atoms with E-state index in [9.17, 15) is 14.4 Å². The van der Waals surface area contributed by atoms with Crippen LogP contribution in [0.3, 0.4) is 0 Å². The summed E-state index contributed by atoms with van der Waals surface area (Å²) in [6.07, 6.45) is 3.51. The zero-order valence-electron chi connectivity index (χ0n) is 14.7. The van der Waals surface area contributed by atoms with Crippen molar-refractivity contribution in [1.29, 1.82) is 0 Å². The van der Waals surface area contributed by atoms with Crippen LogP contribution in [0.2, 0.25) is 5.02 Å². The van der Waals surface area contributed by atoms with Gasteiger partial charge in [0.1, 0.15) is 0 Å². The third kappa shape index (κ3) is 4.75. The van der Waals surface area contributed by atoms with Gasteiger partial charge in [0.2, 0.25) is 17.7 Å². The summed E-state index contributed by atoms with van der Waals surface area (Å²) in [6.45, 7) is 0.0899. The Labute approximate surface area is 167 Å². The normalized spacial score (nSPS) is 21.6. The lowest BCUT2D eigenvalue weighted by Crippen LogP contribution is -2.45. The predicted octanol–water partition coefficient (Wildman–Crippen LogP) is 2.22. The molecule has 0 radical (unpaired) electrons. The van der Waals surface area contributed by atoms with Crippen LogP contribution < -0.4 is 16.2 Å². The number of likely N-dealkylation sites (tertiary alicyclic amines) is 1. The standard InChI is InChI=1S/C18H21ClN4O3S/c19-11-4-3-5-12(10-11)20-18(27)22-21-15(24)8-9-23-16(25)13-6-1-2-7-14(13)17(23)26/h3-5,10,13-14H,1-2,6-9H2,(H,21,24)(H2,20,22,27)/t13-,14-/m1/s1. The zero-order valence-corrected chi connectivity index (χ0v) is 16.2. The quantitative estimate of drug-likeness (QED) is 0.402. The number of fused-ring (bicyclic) bond motifs is 1.